The Labute approximate surface area is 118 Å². The second-order valence-corrected chi connectivity index (χ2v) is 5.89. The van der Waals surface area contributed by atoms with Crippen molar-refractivity contribution in [3.05, 3.63) is 0 Å². The zero-order valence-corrected chi connectivity index (χ0v) is 12.6. The van der Waals surface area contributed by atoms with Crippen molar-refractivity contribution in [2.45, 2.75) is 83.6 Å². The van der Waals surface area contributed by atoms with Crippen molar-refractivity contribution in [2.24, 2.45) is 0 Å². The van der Waals surface area contributed by atoms with Crippen LogP contribution in [0.2, 0.25) is 0 Å². The van der Waals surface area contributed by atoms with Gasteiger partial charge in [-0.3, -0.25) is 9.69 Å². The Bertz CT molecular complexity index is 235. The summed E-state index contributed by atoms with van der Waals surface area (Å²) in [4.78, 5) is 13.3. The Morgan fingerprint density at radius 1 is 1.05 bits per heavy atom. The number of carbonyl (C=O) groups is 1. The van der Waals surface area contributed by atoms with E-state index in [1.165, 1.54) is 64.2 Å². The van der Waals surface area contributed by atoms with Crippen molar-refractivity contribution >= 4 is 5.97 Å². The average Bonchev–Trinajstić information content (AvgIpc) is 2.34. The molecule has 1 saturated carbocycles. The second kappa shape index (κ2) is 10.2. The van der Waals surface area contributed by atoms with Crippen LogP contribution in [0.5, 0.6) is 0 Å². The van der Waals surface area contributed by atoms with Gasteiger partial charge in [0, 0.05) is 12.6 Å². The summed E-state index contributed by atoms with van der Waals surface area (Å²) in [7, 11) is 0. The smallest absolute Gasteiger partial charge is 0.304 e. The molecule has 1 aliphatic rings. The number of carboxylic acids is 1. The molecule has 1 fully saturated rings. The third kappa shape index (κ3) is 7.56. The molecule has 1 aliphatic carbocycles. The molecular formula is C16H31NO2. The summed E-state index contributed by atoms with van der Waals surface area (Å²) < 4.78 is 0. The predicted octanol–water partition coefficient (Wildman–Crippen LogP) is 4.07. The monoisotopic (exact) mass is 269 g/mol. The van der Waals surface area contributed by atoms with Gasteiger partial charge in [-0.05, 0) is 25.8 Å². The Morgan fingerprint density at radius 3 is 2.26 bits per heavy atom. The normalized spacial score (nSPS) is 18.2. The molecule has 0 spiro atoms. The van der Waals surface area contributed by atoms with Crippen molar-refractivity contribution < 1.29 is 9.90 Å². The molecule has 0 unspecified atom stereocenters. The zero-order valence-electron chi connectivity index (χ0n) is 12.6. The molecule has 0 aliphatic heterocycles. The minimum atomic E-state index is -0.661. The van der Waals surface area contributed by atoms with E-state index < -0.39 is 5.97 Å². The largest absolute Gasteiger partial charge is 0.481 e. The SMILES string of the molecule is CCCCCN(CCC(=O)O)C1CCCCCCC1. The quantitative estimate of drug-likeness (QED) is 0.675. The number of hydrogen-bond donors (Lipinski definition) is 1. The third-order valence-electron chi connectivity index (χ3n) is 4.25. The maximum atomic E-state index is 10.8. The molecule has 19 heavy (non-hydrogen) atoms. The molecule has 0 aromatic carbocycles. The van der Waals surface area contributed by atoms with Crippen molar-refractivity contribution in [3.63, 3.8) is 0 Å². The molecule has 0 amide bonds. The van der Waals surface area contributed by atoms with Crippen molar-refractivity contribution in [2.75, 3.05) is 13.1 Å². The number of rotatable bonds is 8. The van der Waals surface area contributed by atoms with Gasteiger partial charge in [-0.2, -0.15) is 0 Å². The lowest BCUT2D eigenvalue weighted by molar-refractivity contribution is -0.137. The van der Waals surface area contributed by atoms with Crippen LogP contribution < -0.4 is 0 Å². The predicted molar refractivity (Wildman–Crippen MR) is 79.5 cm³/mol. The summed E-state index contributed by atoms with van der Waals surface area (Å²) in [6.07, 6.45) is 13.3. The van der Waals surface area contributed by atoms with Gasteiger partial charge in [0.2, 0.25) is 0 Å². The molecule has 0 atom stereocenters. The van der Waals surface area contributed by atoms with Crippen LogP contribution in [0.15, 0.2) is 0 Å². The second-order valence-electron chi connectivity index (χ2n) is 5.89. The zero-order chi connectivity index (χ0) is 13.9. The van der Waals surface area contributed by atoms with E-state index in [-0.39, 0.29) is 0 Å². The first kappa shape index (κ1) is 16.5. The van der Waals surface area contributed by atoms with E-state index in [4.69, 9.17) is 5.11 Å². The molecule has 112 valence electrons. The lowest BCUT2D eigenvalue weighted by Gasteiger charge is -2.32. The van der Waals surface area contributed by atoms with Gasteiger partial charge >= 0.3 is 5.97 Å². The lowest BCUT2D eigenvalue weighted by atomic mass is 9.95. The van der Waals surface area contributed by atoms with Crippen LogP contribution in [-0.4, -0.2) is 35.1 Å². The summed E-state index contributed by atoms with van der Waals surface area (Å²) in [5.41, 5.74) is 0. The number of carboxylic acid groups (broad SMARTS) is 1. The third-order valence-corrected chi connectivity index (χ3v) is 4.25. The highest BCUT2D eigenvalue weighted by Crippen LogP contribution is 2.22. The Balaban J connectivity index is 2.44. The van der Waals surface area contributed by atoms with Gasteiger partial charge in [-0.15, -0.1) is 0 Å². The van der Waals surface area contributed by atoms with E-state index in [0.29, 0.717) is 12.5 Å². The fraction of sp³-hybridized carbons (Fsp3) is 0.938. The summed E-state index contributed by atoms with van der Waals surface area (Å²) >= 11 is 0. The summed E-state index contributed by atoms with van der Waals surface area (Å²) in [6, 6.07) is 0.636. The highest BCUT2D eigenvalue weighted by molar-refractivity contribution is 5.66. The van der Waals surface area contributed by atoms with E-state index in [1.807, 2.05) is 0 Å². The van der Waals surface area contributed by atoms with E-state index in [0.717, 1.165) is 13.1 Å². The average molecular weight is 269 g/mol. The molecule has 0 saturated heterocycles. The molecule has 0 bridgehead atoms. The molecule has 0 radical (unpaired) electrons. The maximum Gasteiger partial charge on any atom is 0.304 e. The first-order valence-corrected chi connectivity index (χ1v) is 8.20. The van der Waals surface area contributed by atoms with Crippen molar-refractivity contribution in [1.29, 1.82) is 0 Å². The fourth-order valence-electron chi connectivity index (χ4n) is 3.08. The Morgan fingerprint density at radius 2 is 1.68 bits per heavy atom. The summed E-state index contributed by atoms with van der Waals surface area (Å²) in [6.45, 7) is 4.05. The number of hydrogen-bond acceptors (Lipinski definition) is 2. The van der Waals surface area contributed by atoms with Crippen LogP contribution in [0, 0.1) is 0 Å². The van der Waals surface area contributed by atoms with Crippen LogP contribution in [0.4, 0.5) is 0 Å². The Kier molecular flexibility index (Phi) is 8.89. The highest BCUT2D eigenvalue weighted by atomic mass is 16.4. The summed E-state index contributed by atoms with van der Waals surface area (Å²) in [5, 5.41) is 8.91. The van der Waals surface area contributed by atoms with Crippen molar-refractivity contribution in [3.8, 4) is 0 Å². The molecule has 1 N–H and O–H groups in total. The standard InChI is InChI=1S/C16H31NO2/c1-2-3-9-13-17(14-12-16(18)19)15-10-7-5-4-6-8-11-15/h15H,2-14H2,1H3,(H,18,19). The number of nitrogens with zero attached hydrogens (tertiary/aromatic N) is 1. The van der Waals surface area contributed by atoms with E-state index in [9.17, 15) is 4.79 Å². The molecular weight excluding hydrogens is 238 g/mol. The van der Waals surface area contributed by atoms with E-state index >= 15 is 0 Å². The van der Waals surface area contributed by atoms with Crippen molar-refractivity contribution in [1.82, 2.24) is 4.90 Å². The minimum Gasteiger partial charge on any atom is -0.481 e. The van der Waals surface area contributed by atoms with Gasteiger partial charge in [-0.25, -0.2) is 0 Å². The fourth-order valence-corrected chi connectivity index (χ4v) is 3.08. The summed E-state index contributed by atoms with van der Waals surface area (Å²) in [5.74, 6) is -0.661. The van der Waals surface area contributed by atoms with E-state index in [1.54, 1.807) is 0 Å². The number of aliphatic carboxylic acids is 1. The first-order valence-electron chi connectivity index (χ1n) is 8.20. The van der Waals surface area contributed by atoms with Gasteiger partial charge < -0.3 is 5.11 Å². The van der Waals surface area contributed by atoms with Gasteiger partial charge in [0.15, 0.2) is 0 Å². The molecule has 3 nitrogen and oxygen atoms in total. The molecule has 0 aromatic rings. The minimum absolute atomic E-state index is 0.294. The van der Waals surface area contributed by atoms with Gasteiger partial charge in [0.25, 0.3) is 0 Å². The number of unbranched alkanes of at least 4 members (excludes halogenated alkanes) is 2. The van der Waals surface area contributed by atoms with Gasteiger partial charge in [-0.1, -0.05) is 51.9 Å². The topological polar surface area (TPSA) is 40.5 Å². The van der Waals surface area contributed by atoms with Crippen LogP contribution in [0.1, 0.15) is 77.6 Å². The van der Waals surface area contributed by atoms with Gasteiger partial charge in [0.1, 0.15) is 0 Å². The van der Waals surface area contributed by atoms with Crippen LogP contribution in [-0.2, 0) is 4.79 Å². The molecule has 0 aromatic heterocycles. The van der Waals surface area contributed by atoms with Crippen LogP contribution >= 0.6 is 0 Å². The highest BCUT2D eigenvalue weighted by Gasteiger charge is 2.19. The molecule has 1 rings (SSSR count). The van der Waals surface area contributed by atoms with Gasteiger partial charge in [0.05, 0.1) is 6.42 Å². The Hall–Kier alpha value is -0.570. The van der Waals surface area contributed by atoms with Crippen LogP contribution in [0.25, 0.3) is 0 Å². The first-order chi connectivity index (χ1) is 9.24. The lowest BCUT2D eigenvalue weighted by Crippen LogP contribution is -2.38. The van der Waals surface area contributed by atoms with Crippen LogP contribution in [0.3, 0.4) is 0 Å². The molecule has 0 heterocycles. The van der Waals surface area contributed by atoms with E-state index in [2.05, 4.69) is 11.8 Å². The maximum absolute atomic E-state index is 10.8. The molecule has 3 heteroatoms.